The van der Waals surface area contributed by atoms with Crippen molar-refractivity contribution in [1.82, 2.24) is 4.72 Å². The van der Waals surface area contributed by atoms with Gasteiger partial charge in [0.25, 0.3) is 0 Å². The fourth-order valence-corrected chi connectivity index (χ4v) is 3.71. The Hall–Kier alpha value is -1.79. The molecule has 0 bridgehead atoms. The van der Waals surface area contributed by atoms with Crippen LogP contribution >= 0.6 is 0 Å². The summed E-state index contributed by atoms with van der Waals surface area (Å²) >= 11 is 0. The minimum absolute atomic E-state index is 0.167. The average Bonchev–Trinajstić information content (AvgIpc) is 2.98. The number of aryl methyl sites for hydroxylation is 1. The number of rotatable bonds is 7. The highest BCUT2D eigenvalue weighted by molar-refractivity contribution is 7.89. The molecule has 1 N–H and O–H groups in total. The van der Waals surface area contributed by atoms with Crippen molar-refractivity contribution >= 4 is 10.0 Å². The van der Waals surface area contributed by atoms with E-state index in [2.05, 4.69) is 4.72 Å². The van der Waals surface area contributed by atoms with Crippen molar-refractivity contribution in [3.05, 3.63) is 47.9 Å². The Morgan fingerprint density at radius 1 is 1.32 bits per heavy atom. The van der Waals surface area contributed by atoms with Crippen LogP contribution in [0.15, 0.2) is 45.9 Å². The van der Waals surface area contributed by atoms with Gasteiger partial charge in [-0.25, -0.2) is 13.1 Å². The molecule has 0 aliphatic heterocycles. The molecule has 2 aromatic rings. The van der Waals surface area contributed by atoms with Crippen LogP contribution in [0, 0.1) is 0 Å². The van der Waals surface area contributed by atoms with Crippen molar-refractivity contribution < 1.29 is 17.6 Å². The fourth-order valence-electron chi connectivity index (χ4n) is 2.25. The second-order valence-electron chi connectivity index (χ2n) is 5.14. The molecule has 1 aromatic heterocycles. The van der Waals surface area contributed by atoms with E-state index in [9.17, 15) is 8.42 Å². The number of furan rings is 1. The predicted octanol–water partition coefficient (Wildman–Crippen LogP) is 2.76. The van der Waals surface area contributed by atoms with Crippen LogP contribution in [0.1, 0.15) is 25.2 Å². The van der Waals surface area contributed by atoms with Gasteiger partial charge in [-0.1, -0.05) is 13.0 Å². The highest BCUT2D eigenvalue weighted by Gasteiger charge is 2.22. The Morgan fingerprint density at radius 2 is 2.09 bits per heavy atom. The summed E-state index contributed by atoms with van der Waals surface area (Å²) in [5, 5.41) is 0. The fraction of sp³-hybridized carbons (Fsp3) is 0.375. The zero-order valence-electron chi connectivity index (χ0n) is 13.0. The van der Waals surface area contributed by atoms with Crippen LogP contribution in [-0.4, -0.2) is 21.6 Å². The molecule has 1 atom stereocenters. The third-order valence-corrected chi connectivity index (χ3v) is 4.98. The minimum atomic E-state index is -3.65. The molecule has 5 nitrogen and oxygen atoms in total. The second kappa shape index (κ2) is 6.98. The predicted molar refractivity (Wildman–Crippen MR) is 84.6 cm³/mol. The lowest BCUT2D eigenvalue weighted by Crippen LogP contribution is -2.34. The van der Waals surface area contributed by atoms with Gasteiger partial charge in [-0.15, -0.1) is 0 Å². The quantitative estimate of drug-likeness (QED) is 0.850. The maximum absolute atomic E-state index is 12.6. The van der Waals surface area contributed by atoms with Gasteiger partial charge < -0.3 is 9.15 Å². The Bertz CT molecular complexity index is 708. The van der Waals surface area contributed by atoms with Crippen molar-refractivity contribution in [2.75, 3.05) is 7.11 Å². The van der Waals surface area contributed by atoms with E-state index >= 15 is 0 Å². The molecule has 120 valence electrons. The zero-order valence-corrected chi connectivity index (χ0v) is 13.8. The van der Waals surface area contributed by atoms with E-state index in [1.807, 2.05) is 19.1 Å². The largest absolute Gasteiger partial charge is 0.495 e. The van der Waals surface area contributed by atoms with Gasteiger partial charge in [-0.05, 0) is 43.2 Å². The van der Waals surface area contributed by atoms with Gasteiger partial charge in [0.2, 0.25) is 10.0 Å². The highest BCUT2D eigenvalue weighted by Crippen LogP contribution is 2.25. The third-order valence-electron chi connectivity index (χ3n) is 3.37. The van der Waals surface area contributed by atoms with Crippen molar-refractivity contribution in [2.45, 2.75) is 37.6 Å². The number of nitrogens with one attached hydrogen (secondary N) is 1. The zero-order chi connectivity index (χ0) is 16.2. The van der Waals surface area contributed by atoms with Crippen LogP contribution in [0.3, 0.4) is 0 Å². The summed E-state index contributed by atoms with van der Waals surface area (Å²) in [6, 6.07) is 8.52. The van der Waals surface area contributed by atoms with Crippen LogP contribution in [0.5, 0.6) is 5.75 Å². The summed E-state index contributed by atoms with van der Waals surface area (Å²) in [6.07, 6.45) is 2.82. The van der Waals surface area contributed by atoms with Gasteiger partial charge in [0.1, 0.15) is 16.4 Å². The Kier molecular flexibility index (Phi) is 5.26. The molecule has 1 unspecified atom stereocenters. The number of hydrogen-bond donors (Lipinski definition) is 1. The molecule has 0 aliphatic carbocycles. The molecule has 0 aliphatic rings. The van der Waals surface area contributed by atoms with Gasteiger partial charge in [0.15, 0.2) is 0 Å². The van der Waals surface area contributed by atoms with E-state index in [1.54, 1.807) is 31.4 Å². The minimum Gasteiger partial charge on any atom is -0.495 e. The lowest BCUT2D eigenvalue weighted by molar-refractivity contribution is 0.401. The molecule has 0 saturated heterocycles. The first-order valence-electron chi connectivity index (χ1n) is 7.18. The van der Waals surface area contributed by atoms with Gasteiger partial charge >= 0.3 is 0 Å². The maximum Gasteiger partial charge on any atom is 0.244 e. The monoisotopic (exact) mass is 323 g/mol. The standard InChI is InChI=1S/C16H21NO4S/c1-4-13-7-8-15(20-3)16(11-13)22(18,19)17-12(2)10-14-6-5-9-21-14/h5-9,11-12,17H,4,10H2,1-3H3. The summed E-state index contributed by atoms with van der Waals surface area (Å²) < 4.78 is 38.3. The Balaban J connectivity index is 2.22. The van der Waals surface area contributed by atoms with E-state index in [-0.39, 0.29) is 10.9 Å². The number of methoxy groups -OCH3 is 1. The molecule has 6 heteroatoms. The van der Waals surface area contributed by atoms with Gasteiger partial charge in [-0.2, -0.15) is 0 Å². The van der Waals surface area contributed by atoms with E-state index in [0.717, 1.165) is 17.7 Å². The average molecular weight is 323 g/mol. The third kappa shape index (κ3) is 3.90. The number of benzene rings is 1. The lowest BCUT2D eigenvalue weighted by Gasteiger charge is -2.16. The summed E-state index contributed by atoms with van der Waals surface area (Å²) in [7, 11) is -2.19. The molecule has 1 heterocycles. The topological polar surface area (TPSA) is 68.5 Å². The molecule has 0 spiro atoms. The first-order chi connectivity index (χ1) is 10.5. The van der Waals surface area contributed by atoms with Crippen LogP contribution in [0.2, 0.25) is 0 Å². The van der Waals surface area contributed by atoms with E-state index in [0.29, 0.717) is 12.2 Å². The van der Waals surface area contributed by atoms with Crippen molar-refractivity contribution in [3.8, 4) is 5.75 Å². The van der Waals surface area contributed by atoms with Crippen molar-refractivity contribution in [3.63, 3.8) is 0 Å². The first-order valence-corrected chi connectivity index (χ1v) is 8.66. The van der Waals surface area contributed by atoms with Crippen LogP contribution < -0.4 is 9.46 Å². The molecule has 22 heavy (non-hydrogen) atoms. The smallest absolute Gasteiger partial charge is 0.244 e. The van der Waals surface area contributed by atoms with Crippen molar-refractivity contribution in [1.29, 1.82) is 0 Å². The molecule has 0 amide bonds. The second-order valence-corrected chi connectivity index (χ2v) is 6.83. The molecule has 1 aromatic carbocycles. The summed E-state index contributed by atoms with van der Waals surface area (Å²) in [5.41, 5.74) is 0.944. The molecule has 2 rings (SSSR count). The number of sulfonamides is 1. The van der Waals surface area contributed by atoms with Crippen molar-refractivity contribution in [2.24, 2.45) is 0 Å². The van der Waals surface area contributed by atoms with Gasteiger partial charge in [0, 0.05) is 12.5 Å². The maximum atomic E-state index is 12.6. The first kappa shape index (κ1) is 16.6. The summed E-state index contributed by atoms with van der Waals surface area (Å²) in [4.78, 5) is 0.167. The molecular formula is C16H21NO4S. The Morgan fingerprint density at radius 3 is 2.68 bits per heavy atom. The van der Waals surface area contributed by atoms with Crippen LogP contribution in [0.25, 0.3) is 0 Å². The molecule has 0 saturated carbocycles. The number of hydrogen-bond acceptors (Lipinski definition) is 4. The Labute approximate surface area is 131 Å². The normalized spacial score (nSPS) is 13.0. The van der Waals surface area contributed by atoms with Crippen LogP contribution in [0.4, 0.5) is 0 Å². The van der Waals surface area contributed by atoms with E-state index in [4.69, 9.17) is 9.15 Å². The lowest BCUT2D eigenvalue weighted by atomic mass is 10.2. The van der Waals surface area contributed by atoms with E-state index < -0.39 is 10.0 Å². The molecular weight excluding hydrogens is 302 g/mol. The summed E-state index contributed by atoms with van der Waals surface area (Å²) in [5.74, 6) is 1.08. The number of ether oxygens (including phenoxy) is 1. The van der Waals surface area contributed by atoms with Gasteiger partial charge in [0.05, 0.1) is 13.4 Å². The molecule has 0 fully saturated rings. The molecule has 0 radical (unpaired) electrons. The highest BCUT2D eigenvalue weighted by atomic mass is 32.2. The van der Waals surface area contributed by atoms with Gasteiger partial charge in [-0.3, -0.25) is 0 Å². The van der Waals surface area contributed by atoms with Crippen LogP contribution in [-0.2, 0) is 22.9 Å². The summed E-state index contributed by atoms with van der Waals surface area (Å²) in [6.45, 7) is 3.78. The van der Waals surface area contributed by atoms with E-state index in [1.165, 1.54) is 7.11 Å². The SMILES string of the molecule is CCc1ccc(OC)c(S(=O)(=O)NC(C)Cc2ccco2)c1.